The van der Waals surface area contributed by atoms with E-state index in [9.17, 15) is 0 Å². The molecule has 2 heteroatoms. The Bertz CT molecular complexity index is 439. The van der Waals surface area contributed by atoms with Crippen molar-refractivity contribution in [1.29, 1.82) is 0 Å². The van der Waals surface area contributed by atoms with Gasteiger partial charge in [-0.3, -0.25) is 0 Å². The van der Waals surface area contributed by atoms with Crippen molar-refractivity contribution in [3.05, 3.63) is 0 Å². The molecule has 5 aliphatic carbocycles. The van der Waals surface area contributed by atoms with Gasteiger partial charge in [0, 0.05) is 13.2 Å². The fraction of sp³-hybridized carbons (Fsp3) is 1.00. The number of fused-ring (bicyclic) bond motifs is 2. The molecule has 0 aromatic rings. The van der Waals surface area contributed by atoms with Gasteiger partial charge in [0.15, 0.2) is 0 Å². The zero-order valence-corrected chi connectivity index (χ0v) is 16.9. The SMILES string of the molecule is COC1CCC(C2CCCCC2)CC1NCC1CC[C@H]2C[C@@H]1C2(C)C. The Morgan fingerprint density at radius 2 is 1.68 bits per heavy atom. The normalized spacial score (nSPS) is 44.3. The summed E-state index contributed by atoms with van der Waals surface area (Å²) >= 11 is 0. The van der Waals surface area contributed by atoms with Crippen molar-refractivity contribution in [2.24, 2.45) is 35.0 Å². The summed E-state index contributed by atoms with van der Waals surface area (Å²) in [6.45, 7) is 6.29. The number of ether oxygens (including phenoxy) is 1. The molecule has 0 spiro atoms. The minimum atomic E-state index is 0.450. The van der Waals surface area contributed by atoms with Crippen LogP contribution >= 0.6 is 0 Å². The van der Waals surface area contributed by atoms with Crippen LogP contribution in [0, 0.1) is 35.0 Å². The molecule has 1 N–H and O–H groups in total. The first-order valence-electron chi connectivity index (χ1n) is 11.4. The Balaban J connectivity index is 1.32. The van der Waals surface area contributed by atoms with Gasteiger partial charge in [0.2, 0.25) is 0 Å². The molecule has 25 heavy (non-hydrogen) atoms. The molecule has 0 radical (unpaired) electrons. The minimum absolute atomic E-state index is 0.450. The van der Waals surface area contributed by atoms with Crippen molar-refractivity contribution in [2.75, 3.05) is 13.7 Å². The highest BCUT2D eigenvalue weighted by atomic mass is 16.5. The lowest BCUT2D eigenvalue weighted by Gasteiger charge is -2.60. The second-order valence-electron chi connectivity index (χ2n) is 10.5. The molecule has 0 aromatic heterocycles. The van der Waals surface area contributed by atoms with Gasteiger partial charge in [-0.1, -0.05) is 46.0 Å². The predicted molar refractivity (Wildman–Crippen MR) is 105 cm³/mol. The first-order chi connectivity index (χ1) is 12.1. The van der Waals surface area contributed by atoms with Crippen LogP contribution in [0.25, 0.3) is 0 Å². The maximum absolute atomic E-state index is 5.89. The van der Waals surface area contributed by atoms with E-state index in [1.165, 1.54) is 77.2 Å². The van der Waals surface area contributed by atoms with Crippen LogP contribution < -0.4 is 5.32 Å². The average molecular weight is 348 g/mol. The van der Waals surface area contributed by atoms with Gasteiger partial charge in [-0.2, -0.15) is 0 Å². The summed E-state index contributed by atoms with van der Waals surface area (Å²) in [5.41, 5.74) is 0.614. The summed E-state index contributed by atoms with van der Waals surface area (Å²) < 4.78 is 5.89. The van der Waals surface area contributed by atoms with Gasteiger partial charge in [-0.05, 0) is 80.1 Å². The standard InChI is InChI=1S/C23H41NO/c1-23(2)19-11-9-18(20(23)14-19)15-24-21-13-17(10-12-22(21)25-3)16-7-5-4-6-8-16/h16-22,24H,4-15H2,1-3H3/t17?,18?,19-,20-,21?,22?/m0/s1. The molecule has 0 heterocycles. The van der Waals surface area contributed by atoms with Crippen LogP contribution in [0.2, 0.25) is 0 Å². The maximum Gasteiger partial charge on any atom is 0.0724 e. The second kappa shape index (κ2) is 7.50. The highest BCUT2D eigenvalue weighted by molar-refractivity contribution is 5.04. The number of hydrogen-bond donors (Lipinski definition) is 1. The lowest BCUT2D eigenvalue weighted by molar-refractivity contribution is -0.105. The molecule has 4 unspecified atom stereocenters. The van der Waals surface area contributed by atoms with Crippen molar-refractivity contribution >= 4 is 0 Å². The molecule has 0 aromatic carbocycles. The number of hydrogen-bond acceptors (Lipinski definition) is 2. The topological polar surface area (TPSA) is 21.3 Å². The van der Waals surface area contributed by atoms with E-state index in [4.69, 9.17) is 4.74 Å². The van der Waals surface area contributed by atoms with Crippen LogP contribution in [-0.4, -0.2) is 25.8 Å². The summed E-state index contributed by atoms with van der Waals surface area (Å²) in [6.07, 6.45) is 16.4. The van der Waals surface area contributed by atoms with Gasteiger partial charge in [0.05, 0.1) is 6.10 Å². The van der Waals surface area contributed by atoms with Crippen molar-refractivity contribution in [3.63, 3.8) is 0 Å². The van der Waals surface area contributed by atoms with Gasteiger partial charge in [0.1, 0.15) is 0 Å². The molecule has 0 amide bonds. The lowest BCUT2D eigenvalue weighted by Crippen LogP contribution is -2.56. The molecular weight excluding hydrogens is 306 g/mol. The van der Waals surface area contributed by atoms with Crippen molar-refractivity contribution in [1.82, 2.24) is 5.32 Å². The largest absolute Gasteiger partial charge is 0.380 e. The van der Waals surface area contributed by atoms with Crippen molar-refractivity contribution < 1.29 is 4.74 Å². The summed E-state index contributed by atoms with van der Waals surface area (Å²) in [5.74, 6) is 4.87. The molecular formula is C23H41NO. The molecule has 2 bridgehead atoms. The van der Waals surface area contributed by atoms with E-state index >= 15 is 0 Å². The third-order valence-electron chi connectivity index (χ3n) is 9.09. The van der Waals surface area contributed by atoms with Crippen molar-refractivity contribution in [2.45, 2.75) is 96.6 Å². The maximum atomic E-state index is 5.89. The second-order valence-corrected chi connectivity index (χ2v) is 10.5. The van der Waals surface area contributed by atoms with Crippen LogP contribution in [0.1, 0.15) is 84.5 Å². The van der Waals surface area contributed by atoms with Crippen LogP contribution in [0.5, 0.6) is 0 Å². The van der Waals surface area contributed by atoms with E-state index in [2.05, 4.69) is 19.2 Å². The van der Waals surface area contributed by atoms with Crippen LogP contribution in [0.4, 0.5) is 0 Å². The monoisotopic (exact) mass is 347 g/mol. The third-order valence-corrected chi connectivity index (χ3v) is 9.09. The molecule has 0 saturated heterocycles. The Labute approximate surface area is 155 Å². The van der Waals surface area contributed by atoms with Gasteiger partial charge < -0.3 is 10.1 Å². The molecule has 6 atom stereocenters. The van der Waals surface area contributed by atoms with E-state index < -0.39 is 0 Å². The highest BCUT2D eigenvalue weighted by Crippen LogP contribution is 2.61. The van der Waals surface area contributed by atoms with Crippen LogP contribution in [0.15, 0.2) is 0 Å². The predicted octanol–water partition coefficient (Wildman–Crippen LogP) is 5.41. The van der Waals surface area contributed by atoms with Crippen molar-refractivity contribution in [3.8, 4) is 0 Å². The molecule has 2 nitrogen and oxygen atoms in total. The summed E-state index contributed by atoms with van der Waals surface area (Å²) in [4.78, 5) is 0. The Hall–Kier alpha value is -0.0800. The fourth-order valence-corrected chi connectivity index (χ4v) is 7.22. The van der Waals surface area contributed by atoms with E-state index in [1.807, 2.05) is 7.11 Å². The number of methoxy groups -OCH3 is 1. The quantitative estimate of drug-likeness (QED) is 0.717. The molecule has 5 aliphatic rings. The number of rotatable bonds is 5. The van der Waals surface area contributed by atoms with Gasteiger partial charge in [-0.15, -0.1) is 0 Å². The van der Waals surface area contributed by atoms with Crippen LogP contribution in [0.3, 0.4) is 0 Å². The third kappa shape index (κ3) is 3.55. The lowest BCUT2D eigenvalue weighted by atomic mass is 9.45. The molecule has 144 valence electrons. The fourth-order valence-electron chi connectivity index (χ4n) is 7.22. The Morgan fingerprint density at radius 3 is 2.36 bits per heavy atom. The van der Waals surface area contributed by atoms with Gasteiger partial charge in [0.25, 0.3) is 0 Å². The first-order valence-corrected chi connectivity index (χ1v) is 11.4. The van der Waals surface area contributed by atoms with E-state index in [0.717, 1.165) is 29.6 Å². The first kappa shape index (κ1) is 18.3. The zero-order chi connectivity index (χ0) is 17.4. The minimum Gasteiger partial charge on any atom is -0.380 e. The highest BCUT2D eigenvalue weighted by Gasteiger charge is 2.54. The van der Waals surface area contributed by atoms with Gasteiger partial charge in [-0.25, -0.2) is 0 Å². The van der Waals surface area contributed by atoms with Gasteiger partial charge >= 0.3 is 0 Å². The molecule has 5 saturated carbocycles. The van der Waals surface area contributed by atoms with E-state index in [1.54, 1.807) is 0 Å². The number of nitrogens with one attached hydrogen (secondary N) is 1. The average Bonchev–Trinajstić information content (AvgIpc) is 2.66. The van der Waals surface area contributed by atoms with E-state index in [-0.39, 0.29) is 0 Å². The molecule has 5 fully saturated rings. The summed E-state index contributed by atoms with van der Waals surface area (Å²) in [7, 11) is 1.93. The smallest absolute Gasteiger partial charge is 0.0724 e. The van der Waals surface area contributed by atoms with Crippen LogP contribution in [-0.2, 0) is 4.74 Å². The van der Waals surface area contributed by atoms with E-state index in [0.29, 0.717) is 17.6 Å². The zero-order valence-electron chi connectivity index (χ0n) is 16.9. The molecule has 5 rings (SSSR count). The summed E-state index contributed by atoms with van der Waals surface area (Å²) in [5, 5.41) is 4.03. The molecule has 0 aliphatic heterocycles. The Morgan fingerprint density at radius 1 is 0.880 bits per heavy atom. The Kier molecular flexibility index (Phi) is 5.49. The summed E-state index contributed by atoms with van der Waals surface area (Å²) in [6, 6.07) is 0.603.